The molecule has 1 aliphatic rings. The molecule has 2 heterocycles. The van der Waals surface area contributed by atoms with Gasteiger partial charge < -0.3 is 20.1 Å². The first kappa shape index (κ1) is 28.8. The van der Waals surface area contributed by atoms with Crippen molar-refractivity contribution in [2.75, 3.05) is 6.54 Å². The van der Waals surface area contributed by atoms with Crippen molar-refractivity contribution in [1.82, 2.24) is 25.7 Å². The van der Waals surface area contributed by atoms with Crippen LogP contribution in [0.2, 0.25) is 0 Å². The van der Waals surface area contributed by atoms with Crippen LogP contribution in [0, 0.1) is 0 Å². The normalized spacial score (nSPS) is 13.4. The topological polar surface area (TPSA) is 100 Å². The van der Waals surface area contributed by atoms with Gasteiger partial charge in [-0.15, -0.1) is 0 Å². The third-order valence-corrected chi connectivity index (χ3v) is 6.82. The van der Waals surface area contributed by atoms with E-state index in [-0.39, 0.29) is 24.9 Å². The number of fused-ring (bicyclic) bond motifs is 1. The van der Waals surface area contributed by atoms with Crippen molar-refractivity contribution in [1.29, 1.82) is 0 Å². The Kier molecular flexibility index (Phi) is 7.77. The van der Waals surface area contributed by atoms with E-state index in [0.29, 0.717) is 41.1 Å². The lowest BCUT2D eigenvalue weighted by molar-refractivity contribution is -0.137. The molecular formula is C31H30F3N5O3. The predicted molar refractivity (Wildman–Crippen MR) is 150 cm³/mol. The lowest BCUT2D eigenvalue weighted by Gasteiger charge is -2.34. The molecule has 8 nitrogen and oxygen atoms in total. The number of halogens is 3. The molecule has 4 aromatic rings. The SMILES string of the molecule is CC(C)(C)NC(=O)N1CCc2c(-c3cccc(C(F)(F)F)c3)ccc(C(=O)NCc3noc(-c4ccccc4)n3)c2C1. The van der Waals surface area contributed by atoms with Crippen LogP contribution < -0.4 is 10.6 Å². The number of hydrogen-bond donors (Lipinski definition) is 2. The van der Waals surface area contributed by atoms with E-state index in [1.165, 1.54) is 6.07 Å². The molecule has 3 aromatic carbocycles. The van der Waals surface area contributed by atoms with Crippen molar-refractivity contribution in [2.45, 2.75) is 52.0 Å². The second kappa shape index (κ2) is 11.3. The maximum absolute atomic E-state index is 13.5. The van der Waals surface area contributed by atoms with E-state index in [0.717, 1.165) is 23.3 Å². The molecule has 0 saturated heterocycles. The van der Waals surface area contributed by atoms with Crippen molar-refractivity contribution < 1.29 is 27.3 Å². The predicted octanol–water partition coefficient (Wildman–Crippen LogP) is 6.22. The van der Waals surface area contributed by atoms with Crippen LogP contribution in [0.4, 0.5) is 18.0 Å². The fourth-order valence-electron chi connectivity index (χ4n) is 4.87. The lowest BCUT2D eigenvalue weighted by Crippen LogP contribution is -2.50. The average molecular weight is 578 g/mol. The zero-order valence-electron chi connectivity index (χ0n) is 23.4. The van der Waals surface area contributed by atoms with E-state index in [1.807, 2.05) is 51.1 Å². The van der Waals surface area contributed by atoms with Crippen LogP contribution in [-0.4, -0.2) is 39.1 Å². The Bertz CT molecular complexity index is 1610. The van der Waals surface area contributed by atoms with Gasteiger partial charge in [-0.1, -0.05) is 41.6 Å². The first-order valence-electron chi connectivity index (χ1n) is 13.4. The molecule has 218 valence electrons. The second-order valence-corrected chi connectivity index (χ2v) is 11.1. The fourth-order valence-corrected chi connectivity index (χ4v) is 4.87. The summed E-state index contributed by atoms with van der Waals surface area (Å²) < 4.78 is 45.7. The van der Waals surface area contributed by atoms with Crippen molar-refractivity contribution in [3.05, 3.63) is 94.8 Å². The standard InChI is InChI=1S/C31H30F3N5O3/c1-30(2,3)37-29(41)39-15-14-23-22(20-10-7-11-21(16-20)31(32,33)34)12-13-24(25(23)18-39)27(40)35-17-26-36-28(42-38-26)19-8-5-4-6-9-19/h4-13,16H,14-15,17-18H2,1-3H3,(H,35,40)(H,37,41). The summed E-state index contributed by atoms with van der Waals surface area (Å²) in [6.45, 7) is 6.06. The van der Waals surface area contributed by atoms with Gasteiger partial charge in [0, 0.05) is 29.8 Å². The Balaban J connectivity index is 1.45. The van der Waals surface area contributed by atoms with Crippen LogP contribution in [0.3, 0.4) is 0 Å². The summed E-state index contributed by atoms with van der Waals surface area (Å²) in [4.78, 5) is 32.4. The zero-order valence-corrected chi connectivity index (χ0v) is 23.4. The van der Waals surface area contributed by atoms with E-state index in [1.54, 1.807) is 23.1 Å². The lowest BCUT2D eigenvalue weighted by atomic mass is 9.87. The molecule has 1 aromatic heterocycles. The number of rotatable bonds is 5. The Labute approximate surface area is 240 Å². The van der Waals surface area contributed by atoms with Gasteiger partial charge in [0.25, 0.3) is 11.8 Å². The van der Waals surface area contributed by atoms with E-state index < -0.39 is 23.2 Å². The van der Waals surface area contributed by atoms with E-state index >= 15 is 0 Å². The Morgan fingerprint density at radius 2 is 1.69 bits per heavy atom. The van der Waals surface area contributed by atoms with Crippen LogP contribution in [0.5, 0.6) is 0 Å². The van der Waals surface area contributed by atoms with Crippen molar-refractivity contribution in [2.24, 2.45) is 0 Å². The number of hydrogen-bond acceptors (Lipinski definition) is 5. The number of nitrogens with one attached hydrogen (secondary N) is 2. The summed E-state index contributed by atoms with van der Waals surface area (Å²) >= 11 is 0. The molecule has 0 atom stereocenters. The van der Waals surface area contributed by atoms with Gasteiger partial charge in [0.05, 0.1) is 12.1 Å². The Hall–Kier alpha value is -4.67. The zero-order chi connectivity index (χ0) is 30.1. The first-order valence-corrected chi connectivity index (χ1v) is 13.4. The number of amides is 3. The third-order valence-electron chi connectivity index (χ3n) is 6.82. The van der Waals surface area contributed by atoms with Gasteiger partial charge >= 0.3 is 12.2 Å². The molecule has 3 amide bonds. The van der Waals surface area contributed by atoms with Gasteiger partial charge in [-0.25, -0.2) is 4.79 Å². The number of aromatic nitrogens is 2. The van der Waals surface area contributed by atoms with E-state index in [4.69, 9.17) is 4.52 Å². The molecule has 11 heteroatoms. The number of benzene rings is 3. The van der Waals surface area contributed by atoms with Crippen LogP contribution in [0.15, 0.2) is 71.3 Å². The number of nitrogens with zero attached hydrogens (tertiary/aromatic N) is 3. The largest absolute Gasteiger partial charge is 0.416 e. The first-order chi connectivity index (χ1) is 19.9. The molecule has 42 heavy (non-hydrogen) atoms. The Morgan fingerprint density at radius 1 is 0.952 bits per heavy atom. The third kappa shape index (κ3) is 6.45. The van der Waals surface area contributed by atoms with Gasteiger partial charge in [0.1, 0.15) is 0 Å². The average Bonchev–Trinajstić information content (AvgIpc) is 3.43. The maximum atomic E-state index is 13.5. The van der Waals surface area contributed by atoms with Gasteiger partial charge in [0.2, 0.25) is 0 Å². The highest BCUT2D eigenvalue weighted by atomic mass is 19.4. The number of urea groups is 1. The van der Waals surface area contributed by atoms with Gasteiger partial charge in [-0.2, -0.15) is 18.2 Å². The number of carbonyl (C=O) groups excluding carboxylic acids is 2. The quantitative estimate of drug-likeness (QED) is 0.293. The molecule has 2 N–H and O–H groups in total. The van der Waals surface area contributed by atoms with Gasteiger partial charge in [-0.3, -0.25) is 4.79 Å². The summed E-state index contributed by atoms with van der Waals surface area (Å²) in [7, 11) is 0. The summed E-state index contributed by atoms with van der Waals surface area (Å²) in [6, 6.07) is 17.3. The van der Waals surface area contributed by atoms with Crippen molar-refractivity contribution in [3.63, 3.8) is 0 Å². The maximum Gasteiger partial charge on any atom is 0.416 e. The highest BCUT2D eigenvalue weighted by Gasteiger charge is 2.32. The number of alkyl halides is 3. The van der Waals surface area contributed by atoms with Gasteiger partial charge in [-0.05, 0) is 79.8 Å². The molecule has 0 unspecified atom stereocenters. The summed E-state index contributed by atoms with van der Waals surface area (Å²) in [5.74, 6) is 0.178. The molecule has 0 radical (unpaired) electrons. The van der Waals surface area contributed by atoms with Crippen LogP contribution in [0.25, 0.3) is 22.6 Å². The summed E-state index contributed by atoms with van der Waals surface area (Å²) in [6.07, 6.45) is -4.13. The Morgan fingerprint density at radius 3 is 2.40 bits per heavy atom. The molecule has 0 aliphatic carbocycles. The van der Waals surface area contributed by atoms with Crippen molar-refractivity contribution >= 4 is 11.9 Å². The van der Waals surface area contributed by atoms with Crippen molar-refractivity contribution in [3.8, 4) is 22.6 Å². The smallest absolute Gasteiger partial charge is 0.345 e. The molecule has 0 spiro atoms. The monoisotopic (exact) mass is 577 g/mol. The molecular weight excluding hydrogens is 547 g/mol. The van der Waals surface area contributed by atoms with E-state index in [2.05, 4.69) is 20.8 Å². The van der Waals surface area contributed by atoms with Gasteiger partial charge in [0.15, 0.2) is 5.82 Å². The molecule has 5 rings (SSSR count). The highest BCUT2D eigenvalue weighted by molar-refractivity contribution is 5.97. The summed E-state index contributed by atoms with van der Waals surface area (Å²) in [5, 5.41) is 9.69. The number of carbonyl (C=O) groups is 2. The molecule has 1 aliphatic heterocycles. The summed E-state index contributed by atoms with van der Waals surface area (Å²) in [5.41, 5.74) is 2.13. The van der Waals surface area contributed by atoms with E-state index in [9.17, 15) is 22.8 Å². The van der Waals surface area contributed by atoms with Crippen LogP contribution in [-0.2, 0) is 25.7 Å². The highest BCUT2D eigenvalue weighted by Crippen LogP contribution is 2.36. The minimum atomic E-state index is -4.49. The van der Waals surface area contributed by atoms with Crippen LogP contribution in [0.1, 0.15) is 53.6 Å². The fraction of sp³-hybridized carbons (Fsp3) is 0.290. The molecule has 0 fully saturated rings. The molecule has 0 saturated carbocycles. The second-order valence-electron chi connectivity index (χ2n) is 11.1. The minimum absolute atomic E-state index is 0.00640. The minimum Gasteiger partial charge on any atom is -0.345 e. The van der Waals surface area contributed by atoms with Crippen LogP contribution >= 0.6 is 0 Å². The molecule has 0 bridgehead atoms.